The molecule has 226 valence electrons. The summed E-state index contributed by atoms with van der Waals surface area (Å²) in [7, 11) is 0. The van der Waals surface area contributed by atoms with E-state index in [4.69, 9.17) is 21.4 Å². The number of rotatable bonds is 15. The Bertz CT molecular complexity index is 1520. The van der Waals surface area contributed by atoms with E-state index >= 15 is 0 Å². The van der Waals surface area contributed by atoms with Gasteiger partial charge in [-0.15, -0.1) is 18.9 Å². The van der Waals surface area contributed by atoms with Gasteiger partial charge in [0.05, 0.1) is 6.54 Å². The zero-order chi connectivity index (χ0) is 31.6. The van der Waals surface area contributed by atoms with Crippen molar-refractivity contribution >= 4 is 11.1 Å². The molecule has 0 aliphatic heterocycles. The van der Waals surface area contributed by atoms with Gasteiger partial charge in [-0.1, -0.05) is 129 Å². The molecule has 44 heavy (non-hydrogen) atoms. The lowest BCUT2D eigenvalue weighted by Crippen LogP contribution is -2.25. The van der Waals surface area contributed by atoms with Gasteiger partial charge in [-0.2, -0.15) is 0 Å². The van der Waals surface area contributed by atoms with Crippen LogP contribution in [0.25, 0.3) is 22.5 Å². The number of allylic oxidation sites excluding steroid dienone is 15. The van der Waals surface area contributed by atoms with Crippen LogP contribution in [0.3, 0.4) is 0 Å². The Morgan fingerprint density at radius 3 is 2.73 bits per heavy atom. The Balaban J connectivity index is 1.98. The van der Waals surface area contributed by atoms with Crippen LogP contribution in [0.4, 0.5) is 0 Å². The van der Waals surface area contributed by atoms with Gasteiger partial charge in [-0.25, -0.2) is 15.0 Å². The highest BCUT2D eigenvalue weighted by molar-refractivity contribution is 5.84. The predicted molar refractivity (Wildman–Crippen MR) is 189 cm³/mol. The van der Waals surface area contributed by atoms with Gasteiger partial charge in [0, 0.05) is 24.1 Å². The summed E-state index contributed by atoms with van der Waals surface area (Å²) in [5.74, 6) is 4.94. The molecule has 3 rings (SSSR count). The van der Waals surface area contributed by atoms with Gasteiger partial charge in [0.25, 0.3) is 0 Å². The summed E-state index contributed by atoms with van der Waals surface area (Å²) >= 11 is 0. The molecule has 1 atom stereocenters. The van der Waals surface area contributed by atoms with Crippen LogP contribution >= 0.6 is 0 Å². The highest BCUT2D eigenvalue weighted by Crippen LogP contribution is 2.29. The summed E-state index contributed by atoms with van der Waals surface area (Å²) in [5.41, 5.74) is 5.10. The van der Waals surface area contributed by atoms with Crippen LogP contribution in [0, 0.1) is 18.3 Å². The molecule has 4 heteroatoms. The van der Waals surface area contributed by atoms with Gasteiger partial charge in [0.2, 0.25) is 0 Å². The number of benzene rings is 1. The maximum absolute atomic E-state index is 5.59. The summed E-state index contributed by atoms with van der Waals surface area (Å²) in [6.07, 6.45) is 36.4. The lowest BCUT2D eigenvalue weighted by molar-refractivity contribution is 0.278. The van der Waals surface area contributed by atoms with Crippen molar-refractivity contribution in [2.45, 2.75) is 53.0 Å². The Labute approximate surface area is 265 Å². The highest BCUT2D eigenvalue weighted by atomic mass is 15.2. The summed E-state index contributed by atoms with van der Waals surface area (Å²) in [5, 5.41) is 0. The fourth-order valence-electron chi connectivity index (χ4n) is 4.79. The van der Waals surface area contributed by atoms with Gasteiger partial charge < -0.3 is 0 Å². The Kier molecular flexibility index (Phi) is 14.5. The predicted octanol–water partition coefficient (Wildman–Crippen LogP) is 9.51. The van der Waals surface area contributed by atoms with Crippen LogP contribution in [-0.4, -0.2) is 32.9 Å². The number of aromatic nitrogens is 3. The van der Waals surface area contributed by atoms with E-state index < -0.39 is 0 Å². The molecule has 0 bridgehead atoms. The molecule has 1 unspecified atom stereocenters. The topological polar surface area (TPSA) is 41.9 Å². The van der Waals surface area contributed by atoms with E-state index in [1.54, 1.807) is 0 Å². The highest BCUT2D eigenvalue weighted by Gasteiger charge is 2.16. The Morgan fingerprint density at radius 2 is 1.95 bits per heavy atom. The second-order valence-corrected chi connectivity index (χ2v) is 10.6. The van der Waals surface area contributed by atoms with Gasteiger partial charge in [0.1, 0.15) is 5.82 Å². The smallest absolute Gasteiger partial charge is 0.164 e. The first-order valence-electron chi connectivity index (χ1n) is 15.5. The average Bonchev–Trinajstić information content (AvgIpc) is 3.02. The molecule has 1 aromatic heterocycles. The summed E-state index contributed by atoms with van der Waals surface area (Å²) in [4.78, 5) is 17.1. The maximum atomic E-state index is 5.59. The lowest BCUT2D eigenvalue weighted by atomic mass is 9.95. The van der Waals surface area contributed by atoms with Crippen LogP contribution in [0.2, 0.25) is 0 Å². The van der Waals surface area contributed by atoms with Crippen molar-refractivity contribution in [1.29, 1.82) is 0 Å². The molecule has 4 nitrogen and oxygen atoms in total. The first-order valence-corrected chi connectivity index (χ1v) is 15.5. The summed E-state index contributed by atoms with van der Waals surface area (Å²) in [6.45, 7) is 17.0. The molecule has 1 heterocycles. The monoisotopic (exact) mass is 582 g/mol. The average molecular weight is 583 g/mol. The van der Waals surface area contributed by atoms with Crippen molar-refractivity contribution in [2.24, 2.45) is 5.92 Å². The van der Waals surface area contributed by atoms with Crippen molar-refractivity contribution in [3.8, 4) is 23.7 Å². The minimum atomic E-state index is 0.330. The van der Waals surface area contributed by atoms with Crippen LogP contribution in [0.15, 0.2) is 122 Å². The van der Waals surface area contributed by atoms with Crippen LogP contribution < -0.4 is 0 Å². The molecule has 0 saturated heterocycles. The van der Waals surface area contributed by atoms with Crippen LogP contribution in [0.1, 0.15) is 63.7 Å². The normalized spacial score (nSPS) is 17.2. The number of nitrogens with zero attached hydrogens (tertiary/aromatic N) is 4. The second-order valence-electron chi connectivity index (χ2n) is 10.6. The third-order valence-corrected chi connectivity index (χ3v) is 7.33. The standard InChI is InChI=1S/C40H46N4/c1-7-11-25-35(22-9-3)36-28-20-21-29-37(36)40-42-38(31-44(10-4)30-12-8-2)41-39(43-40)33(6)24-19-18-23-32(5)34-26-16-14-13-15-17-27-34/h1,8-9,14-26,28-29,32H,2,6,10-13,27,30-31H2,3-5H3/b16-14-,17-15-,22-9-,23-18-,24-19-,34-26+,35-25+. The number of hydrogen-bond acceptors (Lipinski definition) is 4. The molecule has 0 radical (unpaired) electrons. The van der Waals surface area contributed by atoms with Gasteiger partial charge in [-0.3, -0.25) is 4.90 Å². The quantitative estimate of drug-likeness (QED) is 0.119. The van der Waals surface area contributed by atoms with Gasteiger partial charge in [-0.05, 0) is 49.8 Å². The molecule has 1 aliphatic rings. The largest absolute Gasteiger partial charge is 0.296 e. The van der Waals surface area contributed by atoms with Gasteiger partial charge >= 0.3 is 0 Å². The SMILES string of the molecule is C#CC/C=C(\C=C/C)c1ccccc1-c1nc(CN(CC)CCC=C)nc(C(=C)/C=C\C=C/C(C)/C2=C/C=C\C/C=C\C2)n1. The van der Waals surface area contributed by atoms with Gasteiger partial charge in [0.15, 0.2) is 11.6 Å². The molecule has 1 aliphatic carbocycles. The van der Waals surface area contributed by atoms with Crippen molar-refractivity contribution in [2.75, 3.05) is 13.1 Å². The Morgan fingerprint density at radius 1 is 1.11 bits per heavy atom. The number of terminal acetylenes is 1. The van der Waals surface area contributed by atoms with E-state index in [0.29, 0.717) is 36.4 Å². The van der Waals surface area contributed by atoms with E-state index in [1.165, 1.54) is 5.57 Å². The van der Waals surface area contributed by atoms with E-state index in [1.807, 2.05) is 43.4 Å². The zero-order valence-corrected chi connectivity index (χ0v) is 26.6. The molecule has 0 N–H and O–H groups in total. The minimum absolute atomic E-state index is 0.330. The molecular weight excluding hydrogens is 536 g/mol. The van der Waals surface area contributed by atoms with E-state index in [0.717, 1.165) is 54.6 Å². The molecule has 0 amide bonds. The maximum Gasteiger partial charge on any atom is 0.164 e. The van der Waals surface area contributed by atoms with Crippen molar-refractivity contribution < 1.29 is 0 Å². The molecular formula is C40H46N4. The fraction of sp³-hybridized carbons (Fsp3) is 0.275. The lowest BCUT2D eigenvalue weighted by Gasteiger charge is -2.19. The van der Waals surface area contributed by atoms with Crippen LogP contribution in [0.5, 0.6) is 0 Å². The molecule has 0 fully saturated rings. The van der Waals surface area contributed by atoms with E-state index in [-0.39, 0.29) is 0 Å². The van der Waals surface area contributed by atoms with Crippen molar-refractivity contribution in [3.63, 3.8) is 0 Å². The Hall–Kier alpha value is -4.59. The second kappa shape index (κ2) is 18.8. The molecule has 0 saturated carbocycles. The molecule has 2 aromatic rings. The van der Waals surface area contributed by atoms with E-state index in [2.05, 4.69) is 105 Å². The fourth-order valence-corrected chi connectivity index (χ4v) is 4.79. The summed E-state index contributed by atoms with van der Waals surface area (Å²) < 4.78 is 0. The molecule has 1 aromatic carbocycles. The summed E-state index contributed by atoms with van der Waals surface area (Å²) in [6, 6.07) is 8.17. The molecule has 0 spiro atoms. The first kappa shape index (κ1) is 33.9. The van der Waals surface area contributed by atoms with Crippen LogP contribution in [-0.2, 0) is 6.54 Å². The first-order chi connectivity index (χ1) is 21.5. The van der Waals surface area contributed by atoms with Crippen molar-refractivity contribution in [1.82, 2.24) is 19.9 Å². The third-order valence-electron chi connectivity index (χ3n) is 7.33. The van der Waals surface area contributed by atoms with Crippen molar-refractivity contribution in [3.05, 3.63) is 139 Å². The van der Waals surface area contributed by atoms with E-state index in [9.17, 15) is 0 Å². The number of hydrogen-bond donors (Lipinski definition) is 0. The third kappa shape index (κ3) is 10.6. The zero-order valence-electron chi connectivity index (χ0n) is 26.6. The minimum Gasteiger partial charge on any atom is -0.296 e.